The van der Waals surface area contributed by atoms with Gasteiger partial charge in [0.1, 0.15) is 6.10 Å². The van der Waals surface area contributed by atoms with Crippen molar-refractivity contribution >= 4 is 5.91 Å². The van der Waals surface area contributed by atoms with Gasteiger partial charge in [-0.2, -0.15) is 0 Å². The topological polar surface area (TPSA) is 50.8 Å². The SMILES string of the molecule is CO[C@H]1COCC[C@@H]1NC(=O)CCN1CCCC1. The fraction of sp³-hybridized carbons (Fsp3) is 0.923. The summed E-state index contributed by atoms with van der Waals surface area (Å²) in [6.07, 6.45) is 3.97. The fourth-order valence-electron chi connectivity index (χ4n) is 2.65. The van der Waals surface area contributed by atoms with Gasteiger partial charge in [0.15, 0.2) is 0 Å². The molecule has 0 radical (unpaired) electrons. The van der Waals surface area contributed by atoms with Crippen LogP contribution in [0.25, 0.3) is 0 Å². The summed E-state index contributed by atoms with van der Waals surface area (Å²) in [6, 6.07) is 0.106. The lowest BCUT2D eigenvalue weighted by molar-refractivity contribution is -0.125. The molecule has 0 aromatic carbocycles. The van der Waals surface area contributed by atoms with Crippen LogP contribution in [0.1, 0.15) is 25.7 Å². The molecular weight excluding hydrogens is 232 g/mol. The van der Waals surface area contributed by atoms with Gasteiger partial charge < -0.3 is 19.7 Å². The van der Waals surface area contributed by atoms with Crippen molar-refractivity contribution in [1.29, 1.82) is 0 Å². The van der Waals surface area contributed by atoms with Gasteiger partial charge in [0, 0.05) is 26.7 Å². The van der Waals surface area contributed by atoms with Gasteiger partial charge in [-0.3, -0.25) is 4.79 Å². The smallest absolute Gasteiger partial charge is 0.221 e. The van der Waals surface area contributed by atoms with Crippen LogP contribution < -0.4 is 5.32 Å². The largest absolute Gasteiger partial charge is 0.379 e. The molecule has 1 N–H and O–H groups in total. The molecule has 0 aromatic rings. The maximum absolute atomic E-state index is 11.9. The number of nitrogens with one attached hydrogen (secondary N) is 1. The molecule has 0 aliphatic carbocycles. The van der Waals surface area contributed by atoms with Gasteiger partial charge in [0.25, 0.3) is 0 Å². The molecule has 18 heavy (non-hydrogen) atoms. The summed E-state index contributed by atoms with van der Waals surface area (Å²) in [5, 5.41) is 3.07. The van der Waals surface area contributed by atoms with E-state index in [0.717, 1.165) is 26.1 Å². The first kappa shape index (κ1) is 13.8. The maximum Gasteiger partial charge on any atom is 0.221 e. The predicted octanol–water partition coefficient (Wildman–Crippen LogP) is 0.392. The number of carbonyl (C=O) groups is 1. The molecule has 5 nitrogen and oxygen atoms in total. The van der Waals surface area contributed by atoms with E-state index in [0.29, 0.717) is 19.6 Å². The van der Waals surface area contributed by atoms with Crippen LogP contribution in [0, 0.1) is 0 Å². The fourth-order valence-corrected chi connectivity index (χ4v) is 2.65. The number of nitrogens with zero attached hydrogens (tertiary/aromatic N) is 1. The molecule has 0 bridgehead atoms. The number of amides is 1. The van der Waals surface area contributed by atoms with Crippen molar-refractivity contribution in [1.82, 2.24) is 10.2 Å². The summed E-state index contributed by atoms with van der Waals surface area (Å²) in [6.45, 7) is 4.45. The van der Waals surface area contributed by atoms with Crippen LogP contribution in [0.3, 0.4) is 0 Å². The lowest BCUT2D eigenvalue weighted by Gasteiger charge is -2.31. The molecule has 0 saturated carbocycles. The number of rotatable bonds is 5. The summed E-state index contributed by atoms with van der Waals surface area (Å²) in [5.41, 5.74) is 0. The second-order valence-electron chi connectivity index (χ2n) is 5.11. The van der Waals surface area contributed by atoms with Gasteiger partial charge in [-0.25, -0.2) is 0 Å². The average molecular weight is 256 g/mol. The highest BCUT2D eigenvalue weighted by Crippen LogP contribution is 2.11. The van der Waals surface area contributed by atoms with Crippen LogP contribution in [0.5, 0.6) is 0 Å². The Balaban J connectivity index is 1.68. The minimum Gasteiger partial charge on any atom is -0.379 e. The van der Waals surface area contributed by atoms with E-state index >= 15 is 0 Å². The number of hydrogen-bond donors (Lipinski definition) is 1. The zero-order chi connectivity index (χ0) is 12.8. The average Bonchev–Trinajstić information content (AvgIpc) is 2.90. The summed E-state index contributed by atoms with van der Waals surface area (Å²) in [7, 11) is 1.67. The number of carbonyl (C=O) groups excluding carboxylic acids is 1. The Kier molecular flexibility index (Phi) is 5.41. The minimum atomic E-state index is -0.00510. The van der Waals surface area contributed by atoms with Crippen LogP contribution in [0.4, 0.5) is 0 Å². The first-order valence-corrected chi connectivity index (χ1v) is 6.92. The Morgan fingerprint density at radius 1 is 1.44 bits per heavy atom. The highest BCUT2D eigenvalue weighted by atomic mass is 16.5. The second kappa shape index (κ2) is 7.07. The van der Waals surface area contributed by atoms with E-state index in [1.165, 1.54) is 12.8 Å². The van der Waals surface area contributed by atoms with Crippen LogP contribution in [0.15, 0.2) is 0 Å². The molecule has 2 aliphatic rings. The number of ether oxygens (including phenoxy) is 2. The van der Waals surface area contributed by atoms with Crippen molar-refractivity contribution in [3.05, 3.63) is 0 Å². The van der Waals surface area contributed by atoms with Gasteiger partial charge in [-0.15, -0.1) is 0 Å². The Labute approximate surface area is 109 Å². The third-order valence-corrected chi connectivity index (χ3v) is 3.81. The van der Waals surface area contributed by atoms with Crippen LogP contribution in [-0.4, -0.2) is 62.9 Å². The highest BCUT2D eigenvalue weighted by molar-refractivity contribution is 5.76. The minimum absolute atomic E-state index is 0.00510. The zero-order valence-electron chi connectivity index (χ0n) is 11.2. The Bertz CT molecular complexity index is 267. The molecule has 1 amide bonds. The molecule has 2 rings (SSSR count). The molecule has 2 saturated heterocycles. The normalized spacial score (nSPS) is 29.4. The third kappa shape index (κ3) is 3.93. The van der Waals surface area contributed by atoms with E-state index in [9.17, 15) is 4.79 Å². The molecule has 5 heteroatoms. The highest BCUT2D eigenvalue weighted by Gasteiger charge is 2.27. The van der Waals surface area contributed by atoms with E-state index in [1.54, 1.807) is 7.11 Å². The molecule has 0 spiro atoms. The van der Waals surface area contributed by atoms with Crippen molar-refractivity contribution in [2.45, 2.75) is 37.8 Å². The first-order chi connectivity index (χ1) is 8.79. The number of hydrogen-bond acceptors (Lipinski definition) is 4. The Hall–Kier alpha value is -0.650. The van der Waals surface area contributed by atoms with Crippen molar-refractivity contribution in [2.24, 2.45) is 0 Å². The molecule has 0 unspecified atom stereocenters. The van der Waals surface area contributed by atoms with Gasteiger partial charge in [-0.1, -0.05) is 0 Å². The van der Waals surface area contributed by atoms with Crippen molar-refractivity contribution in [3.8, 4) is 0 Å². The molecule has 104 valence electrons. The number of methoxy groups -OCH3 is 1. The van der Waals surface area contributed by atoms with E-state index < -0.39 is 0 Å². The lowest BCUT2D eigenvalue weighted by atomic mass is 10.1. The van der Waals surface area contributed by atoms with Gasteiger partial charge >= 0.3 is 0 Å². The number of likely N-dealkylation sites (tertiary alicyclic amines) is 1. The quantitative estimate of drug-likeness (QED) is 0.773. The third-order valence-electron chi connectivity index (χ3n) is 3.81. The monoisotopic (exact) mass is 256 g/mol. The van der Waals surface area contributed by atoms with Crippen molar-refractivity contribution < 1.29 is 14.3 Å². The molecule has 2 fully saturated rings. The van der Waals surface area contributed by atoms with E-state index in [2.05, 4.69) is 10.2 Å². The summed E-state index contributed by atoms with van der Waals surface area (Å²) in [4.78, 5) is 14.3. The summed E-state index contributed by atoms with van der Waals surface area (Å²) >= 11 is 0. The van der Waals surface area contributed by atoms with E-state index in [1.807, 2.05) is 0 Å². The molecule has 2 heterocycles. The van der Waals surface area contributed by atoms with Crippen molar-refractivity contribution in [3.63, 3.8) is 0 Å². The van der Waals surface area contributed by atoms with Crippen LogP contribution in [0.2, 0.25) is 0 Å². The van der Waals surface area contributed by atoms with Crippen molar-refractivity contribution in [2.75, 3.05) is 40.0 Å². The lowest BCUT2D eigenvalue weighted by Crippen LogP contribution is -2.50. The zero-order valence-corrected chi connectivity index (χ0v) is 11.2. The standard InChI is InChI=1S/C13H24N2O3/c1-17-12-10-18-9-5-11(12)14-13(16)4-8-15-6-2-3-7-15/h11-12H,2-10H2,1H3,(H,14,16)/t11-,12-/m0/s1. The molecule has 2 atom stereocenters. The molecular formula is C13H24N2O3. The molecule has 2 aliphatic heterocycles. The molecule has 0 aromatic heterocycles. The summed E-state index contributed by atoms with van der Waals surface area (Å²) < 4.78 is 10.7. The van der Waals surface area contributed by atoms with E-state index in [4.69, 9.17) is 9.47 Å². The Morgan fingerprint density at radius 2 is 2.22 bits per heavy atom. The van der Waals surface area contributed by atoms with Crippen LogP contribution in [-0.2, 0) is 14.3 Å². The van der Waals surface area contributed by atoms with Crippen LogP contribution >= 0.6 is 0 Å². The second-order valence-corrected chi connectivity index (χ2v) is 5.11. The van der Waals surface area contributed by atoms with Gasteiger partial charge in [-0.05, 0) is 32.4 Å². The predicted molar refractivity (Wildman–Crippen MR) is 68.5 cm³/mol. The summed E-state index contributed by atoms with van der Waals surface area (Å²) in [5.74, 6) is 0.135. The maximum atomic E-state index is 11.9. The van der Waals surface area contributed by atoms with Gasteiger partial charge in [0.2, 0.25) is 5.91 Å². The Morgan fingerprint density at radius 3 is 2.94 bits per heavy atom. The van der Waals surface area contributed by atoms with Gasteiger partial charge in [0.05, 0.1) is 12.6 Å². The first-order valence-electron chi connectivity index (χ1n) is 6.92. The van der Waals surface area contributed by atoms with E-state index in [-0.39, 0.29) is 18.1 Å².